The minimum atomic E-state index is 1.13. The summed E-state index contributed by atoms with van der Waals surface area (Å²) in [5, 5.41) is 12.3. The third-order valence-electron chi connectivity index (χ3n) is 11.5. The Kier molecular flexibility index (Phi) is 8.19. The van der Waals surface area contributed by atoms with E-state index in [9.17, 15) is 0 Å². The number of anilines is 6. The van der Waals surface area contributed by atoms with Crippen molar-refractivity contribution in [3.05, 3.63) is 231 Å². The summed E-state index contributed by atoms with van der Waals surface area (Å²) in [6, 6.07) is 83.7. The molecule has 0 saturated heterocycles. The van der Waals surface area contributed by atoms with Crippen LogP contribution in [0.2, 0.25) is 0 Å². The quantitative estimate of drug-likeness (QED) is 0.150. The fraction of sp³-hybridized carbons (Fsp3) is 0. The number of para-hydroxylation sites is 2. The molecule has 0 spiro atoms. The van der Waals surface area contributed by atoms with Gasteiger partial charge < -0.3 is 9.80 Å². The zero-order valence-electron chi connectivity index (χ0n) is 31.8. The van der Waals surface area contributed by atoms with Gasteiger partial charge in [-0.25, -0.2) is 0 Å². The lowest BCUT2D eigenvalue weighted by Gasteiger charge is -2.27. The van der Waals surface area contributed by atoms with E-state index in [1.54, 1.807) is 0 Å². The van der Waals surface area contributed by atoms with E-state index < -0.39 is 0 Å². The van der Waals surface area contributed by atoms with Crippen molar-refractivity contribution in [3.8, 4) is 11.1 Å². The highest BCUT2D eigenvalue weighted by atomic mass is 15.1. The SMILES string of the molecule is c1ccc(N(c2ccc3cc(-c4ccc5c(ccc6cc(N(c7ccccc7)c7cccc8ccccc78)ccc65)c4)ccc3c2)c2cccc3ccccc23)cc1. The van der Waals surface area contributed by atoms with Gasteiger partial charge in [0.15, 0.2) is 0 Å². The predicted octanol–water partition coefficient (Wildman–Crippen LogP) is 16.1. The normalized spacial score (nSPS) is 11.4. The maximum absolute atomic E-state index is 2.38. The summed E-state index contributed by atoms with van der Waals surface area (Å²) in [5.74, 6) is 0. The summed E-state index contributed by atoms with van der Waals surface area (Å²) in [4.78, 5) is 4.75. The van der Waals surface area contributed by atoms with Crippen molar-refractivity contribution in [1.29, 1.82) is 0 Å². The lowest BCUT2D eigenvalue weighted by Crippen LogP contribution is -2.10. The lowest BCUT2D eigenvalue weighted by molar-refractivity contribution is 1.30. The molecule has 272 valence electrons. The third kappa shape index (κ3) is 5.91. The second-order valence-corrected chi connectivity index (χ2v) is 15.0. The van der Waals surface area contributed by atoms with Gasteiger partial charge in [-0.15, -0.1) is 0 Å². The molecule has 0 amide bonds. The van der Waals surface area contributed by atoms with Gasteiger partial charge in [-0.05, 0) is 127 Å². The Labute approximate surface area is 338 Å². The van der Waals surface area contributed by atoms with Gasteiger partial charge in [0.05, 0.1) is 11.4 Å². The number of hydrogen-bond donors (Lipinski definition) is 0. The topological polar surface area (TPSA) is 6.48 Å². The smallest absolute Gasteiger partial charge is 0.0540 e. The van der Waals surface area contributed by atoms with Crippen LogP contribution in [0.25, 0.3) is 65.0 Å². The van der Waals surface area contributed by atoms with Crippen LogP contribution in [0.3, 0.4) is 0 Å². The van der Waals surface area contributed by atoms with Crippen LogP contribution in [-0.2, 0) is 0 Å². The van der Waals surface area contributed by atoms with E-state index in [2.05, 4.69) is 240 Å². The van der Waals surface area contributed by atoms with Gasteiger partial charge in [-0.3, -0.25) is 0 Å². The molecule has 0 aromatic heterocycles. The highest BCUT2D eigenvalue weighted by Crippen LogP contribution is 2.42. The van der Waals surface area contributed by atoms with Gasteiger partial charge in [0.2, 0.25) is 0 Å². The molecule has 0 heterocycles. The summed E-state index contributed by atoms with van der Waals surface area (Å²) in [5.41, 5.74) is 9.28. The van der Waals surface area contributed by atoms with Crippen LogP contribution >= 0.6 is 0 Å². The summed E-state index contributed by atoms with van der Waals surface area (Å²) in [6.07, 6.45) is 0. The third-order valence-corrected chi connectivity index (χ3v) is 11.5. The van der Waals surface area contributed by atoms with Crippen molar-refractivity contribution >= 4 is 88.0 Å². The number of rotatable bonds is 7. The molecular weight excluding hydrogens is 701 g/mol. The molecular formula is C56H38N2. The van der Waals surface area contributed by atoms with Crippen LogP contribution in [0.5, 0.6) is 0 Å². The van der Waals surface area contributed by atoms with E-state index in [1.807, 2.05) is 0 Å². The zero-order valence-corrected chi connectivity index (χ0v) is 31.8. The first kappa shape index (κ1) is 33.6. The maximum Gasteiger partial charge on any atom is 0.0540 e. The Morgan fingerprint density at radius 3 is 1.21 bits per heavy atom. The molecule has 2 nitrogen and oxygen atoms in total. The van der Waals surface area contributed by atoms with Crippen LogP contribution in [0.1, 0.15) is 0 Å². The molecule has 11 aromatic rings. The maximum atomic E-state index is 2.38. The van der Waals surface area contributed by atoms with Crippen molar-refractivity contribution in [1.82, 2.24) is 0 Å². The molecule has 58 heavy (non-hydrogen) atoms. The Balaban J connectivity index is 0.949. The zero-order chi connectivity index (χ0) is 38.4. The average Bonchev–Trinajstić information content (AvgIpc) is 3.29. The van der Waals surface area contributed by atoms with Gasteiger partial charge in [0.1, 0.15) is 0 Å². The summed E-state index contributed by atoms with van der Waals surface area (Å²) >= 11 is 0. The largest absolute Gasteiger partial charge is 0.310 e. The minimum Gasteiger partial charge on any atom is -0.310 e. The second-order valence-electron chi connectivity index (χ2n) is 15.0. The van der Waals surface area contributed by atoms with Crippen LogP contribution in [0.4, 0.5) is 34.1 Å². The highest BCUT2D eigenvalue weighted by Gasteiger charge is 2.18. The highest BCUT2D eigenvalue weighted by molar-refractivity contribution is 6.10. The summed E-state index contributed by atoms with van der Waals surface area (Å²) in [6.45, 7) is 0. The van der Waals surface area contributed by atoms with Crippen molar-refractivity contribution in [3.63, 3.8) is 0 Å². The monoisotopic (exact) mass is 738 g/mol. The van der Waals surface area contributed by atoms with Crippen molar-refractivity contribution in [2.24, 2.45) is 0 Å². The van der Waals surface area contributed by atoms with Crippen LogP contribution in [-0.4, -0.2) is 0 Å². The molecule has 0 N–H and O–H groups in total. The standard InChI is InChI=1S/C56H38N2/c1-3-17-47(18-4-1)57(55-23-11-15-39-13-7-9-21-53(39)55)49-31-29-42-35-41(25-26-44(42)37-49)43-30-33-51-45(36-43)27-28-46-38-50(32-34-52(46)51)58(48-19-5-2-6-20-48)56-24-12-16-40-14-8-10-22-54(40)56/h1-38H. The number of fused-ring (bicyclic) bond motifs is 6. The van der Waals surface area contributed by atoms with Crippen molar-refractivity contribution < 1.29 is 0 Å². The molecule has 0 radical (unpaired) electrons. The molecule has 0 aliphatic rings. The van der Waals surface area contributed by atoms with Gasteiger partial charge in [-0.2, -0.15) is 0 Å². The van der Waals surface area contributed by atoms with Crippen molar-refractivity contribution in [2.45, 2.75) is 0 Å². The molecule has 0 unspecified atom stereocenters. The Hall–Kier alpha value is -7.68. The van der Waals surface area contributed by atoms with E-state index >= 15 is 0 Å². The number of hydrogen-bond acceptors (Lipinski definition) is 2. The Morgan fingerprint density at radius 1 is 0.207 bits per heavy atom. The first-order chi connectivity index (χ1) is 28.7. The molecule has 2 heteroatoms. The average molecular weight is 739 g/mol. The minimum absolute atomic E-state index is 1.13. The first-order valence-electron chi connectivity index (χ1n) is 19.9. The Morgan fingerprint density at radius 2 is 0.603 bits per heavy atom. The van der Waals surface area contributed by atoms with Crippen LogP contribution < -0.4 is 9.80 Å². The fourth-order valence-electron chi connectivity index (χ4n) is 8.74. The molecule has 11 rings (SSSR count). The lowest BCUT2D eigenvalue weighted by atomic mass is 9.95. The summed E-state index contributed by atoms with van der Waals surface area (Å²) in [7, 11) is 0. The molecule has 0 aliphatic heterocycles. The molecule has 0 saturated carbocycles. The number of benzene rings is 11. The van der Waals surface area contributed by atoms with E-state index in [1.165, 1.54) is 76.4 Å². The van der Waals surface area contributed by atoms with E-state index in [0.29, 0.717) is 0 Å². The van der Waals surface area contributed by atoms with E-state index in [4.69, 9.17) is 0 Å². The summed E-state index contributed by atoms with van der Waals surface area (Å²) < 4.78 is 0. The van der Waals surface area contributed by atoms with Gasteiger partial charge in [-0.1, -0.05) is 158 Å². The predicted molar refractivity (Wildman–Crippen MR) is 249 cm³/mol. The second kappa shape index (κ2) is 14.1. The first-order valence-corrected chi connectivity index (χ1v) is 19.9. The molecule has 0 fully saturated rings. The number of nitrogens with zero attached hydrogens (tertiary/aromatic N) is 2. The van der Waals surface area contributed by atoms with Gasteiger partial charge in [0.25, 0.3) is 0 Å². The Bertz CT molecular complexity index is 3290. The fourth-order valence-corrected chi connectivity index (χ4v) is 8.74. The van der Waals surface area contributed by atoms with E-state index in [0.717, 1.165) is 22.7 Å². The van der Waals surface area contributed by atoms with Gasteiger partial charge in [0, 0.05) is 33.5 Å². The molecule has 0 atom stereocenters. The molecule has 11 aromatic carbocycles. The van der Waals surface area contributed by atoms with Crippen LogP contribution in [0.15, 0.2) is 231 Å². The molecule has 0 bridgehead atoms. The van der Waals surface area contributed by atoms with Crippen LogP contribution in [0, 0.1) is 0 Å². The molecule has 0 aliphatic carbocycles. The van der Waals surface area contributed by atoms with Crippen molar-refractivity contribution in [2.75, 3.05) is 9.80 Å². The van der Waals surface area contributed by atoms with E-state index in [-0.39, 0.29) is 0 Å². The van der Waals surface area contributed by atoms with Gasteiger partial charge >= 0.3 is 0 Å².